The van der Waals surface area contributed by atoms with Gasteiger partial charge in [0.05, 0.1) is 25.6 Å². The van der Waals surface area contributed by atoms with Gasteiger partial charge < -0.3 is 34.2 Å². The molecule has 6 rings (SSSR count). The Morgan fingerprint density at radius 3 is 1.55 bits per heavy atom. The van der Waals surface area contributed by atoms with Crippen molar-refractivity contribution in [2.45, 2.75) is 78.0 Å². The molecule has 0 bridgehead atoms. The number of nitrogens with one attached hydrogen (secondary N) is 1. The zero-order chi connectivity index (χ0) is 39.9. The van der Waals surface area contributed by atoms with Gasteiger partial charge in [-0.15, -0.1) is 12.4 Å². The number of hydrogen-bond acceptors (Lipinski definition) is 9. The summed E-state index contributed by atoms with van der Waals surface area (Å²) >= 11 is 0. The van der Waals surface area contributed by atoms with Crippen molar-refractivity contribution in [2.24, 2.45) is 0 Å². The molecule has 0 atom stereocenters. The SMILES string of the molecule is COc1ccc(-c2cn(C(=O)N(C)C3CCN(C(=O)OC(C)(C)C)CC3)cn2)cc1C.COc1ccc(-c2cn(C(=O)N(C)C3CCNCC3)cn2)cc1C.Cl. The quantitative estimate of drug-likeness (QED) is 0.217. The third kappa shape index (κ3) is 10.8. The molecule has 4 heterocycles. The molecule has 4 aromatic rings. The predicted octanol–water partition coefficient (Wildman–Crippen LogP) is 7.11. The van der Waals surface area contributed by atoms with Crippen molar-refractivity contribution in [1.82, 2.24) is 39.1 Å². The maximum atomic E-state index is 13.0. The molecule has 0 aliphatic carbocycles. The largest absolute Gasteiger partial charge is 0.496 e. The van der Waals surface area contributed by atoms with Gasteiger partial charge in [0.25, 0.3) is 0 Å². The van der Waals surface area contributed by atoms with E-state index in [-0.39, 0.29) is 42.6 Å². The summed E-state index contributed by atoms with van der Waals surface area (Å²) in [6, 6.07) is 11.9. The van der Waals surface area contributed by atoms with E-state index in [1.54, 1.807) is 60.7 Å². The molecular weight excluding hydrogens is 736 g/mol. The van der Waals surface area contributed by atoms with Crippen molar-refractivity contribution in [3.05, 3.63) is 72.6 Å². The summed E-state index contributed by atoms with van der Waals surface area (Å²) in [5.41, 5.74) is 4.96. The number of imidazole rings is 2. The molecule has 2 aliphatic heterocycles. The fourth-order valence-corrected chi connectivity index (χ4v) is 6.86. The Hall–Kier alpha value is -5.08. The highest BCUT2D eigenvalue weighted by Crippen LogP contribution is 2.27. The summed E-state index contributed by atoms with van der Waals surface area (Å²) in [6.45, 7) is 12.6. The van der Waals surface area contributed by atoms with E-state index in [1.165, 1.54) is 4.57 Å². The number of aryl methyl sites for hydroxylation is 2. The number of benzene rings is 2. The first-order valence-electron chi connectivity index (χ1n) is 18.8. The number of carbonyl (C=O) groups is 3. The maximum absolute atomic E-state index is 13.0. The minimum Gasteiger partial charge on any atom is -0.496 e. The third-order valence-electron chi connectivity index (χ3n) is 10.1. The minimum absolute atomic E-state index is 0. The number of amides is 3. The predicted molar refractivity (Wildman–Crippen MR) is 219 cm³/mol. The lowest BCUT2D eigenvalue weighted by Crippen LogP contribution is -2.49. The number of methoxy groups -OCH3 is 2. The van der Waals surface area contributed by atoms with Crippen LogP contribution in [0.5, 0.6) is 11.5 Å². The third-order valence-corrected chi connectivity index (χ3v) is 10.1. The molecule has 0 spiro atoms. The molecule has 14 nitrogen and oxygen atoms in total. The Morgan fingerprint density at radius 2 is 1.16 bits per heavy atom. The van der Waals surface area contributed by atoms with Gasteiger partial charge in [0, 0.05) is 62.8 Å². The van der Waals surface area contributed by atoms with Crippen LogP contribution in [-0.2, 0) is 4.74 Å². The second-order valence-electron chi connectivity index (χ2n) is 15.2. The molecule has 15 heteroatoms. The summed E-state index contributed by atoms with van der Waals surface area (Å²) in [5, 5.41) is 3.32. The monoisotopic (exact) mass is 792 g/mol. The highest BCUT2D eigenvalue weighted by Gasteiger charge is 2.30. The number of hydrogen-bond donors (Lipinski definition) is 1. The standard InChI is InChI=1S/C23H32N4O4.C18H24N4O2.ClH/c1-16-13-17(7-8-20(16)30-6)19-14-27(15-24-19)21(28)25(5)18-9-11-26(12-10-18)22(29)31-23(2,3)4;1-13-10-14(4-5-17(13)24-3)16-11-22(12-20-16)18(23)21(2)15-6-8-19-9-7-15;/h7-8,13-15,18H,9-12H2,1-6H3;4-5,10-12,15,19H,6-9H2,1-3H3;1H. The van der Waals surface area contributed by atoms with Gasteiger partial charge in [-0.25, -0.2) is 24.4 Å². The van der Waals surface area contributed by atoms with E-state index in [1.807, 2.05) is 83.0 Å². The van der Waals surface area contributed by atoms with Crippen LogP contribution in [0.2, 0.25) is 0 Å². The lowest BCUT2D eigenvalue weighted by Gasteiger charge is -2.37. The molecule has 0 radical (unpaired) electrons. The lowest BCUT2D eigenvalue weighted by molar-refractivity contribution is 0.0172. The summed E-state index contributed by atoms with van der Waals surface area (Å²) in [6.07, 6.45) is 9.77. The average molecular weight is 793 g/mol. The van der Waals surface area contributed by atoms with E-state index in [2.05, 4.69) is 15.3 Å². The van der Waals surface area contributed by atoms with Gasteiger partial charge in [-0.05, 0) is 121 Å². The van der Waals surface area contributed by atoms with E-state index >= 15 is 0 Å². The van der Waals surface area contributed by atoms with E-state index in [0.717, 1.165) is 71.1 Å². The Labute approximate surface area is 336 Å². The zero-order valence-corrected chi connectivity index (χ0v) is 34.9. The van der Waals surface area contributed by atoms with Crippen molar-refractivity contribution in [3.63, 3.8) is 0 Å². The van der Waals surface area contributed by atoms with Gasteiger partial charge in [0.2, 0.25) is 0 Å². The van der Waals surface area contributed by atoms with Gasteiger partial charge in [0.1, 0.15) is 29.8 Å². The van der Waals surface area contributed by atoms with Crippen LogP contribution in [0.25, 0.3) is 22.5 Å². The molecule has 0 saturated carbocycles. The maximum Gasteiger partial charge on any atom is 0.410 e. The smallest absolute Gasteiger partial charge is 0.410 e. The molecule has 56 heavy (non-hydrogen) atoms. The van der Waals surface area contributed by atoms with Gasteiger partial charge in [-0.2, -0.15) is 0 Å². The Morgan fingerprint density at radius 1 is 0.732 bits per heavy atom. The first kappa shape index (κ1) is 43.6. The highest BCUT2D eigenvalue weighted by molar-refractivity contribution is 5.85. The first-order valence-corrected chi connectivity index (χ1v) is 18.8. The zero-order valence-electron chi connectivity index (χ0n) is 34.1. The van der Waals surface area contributed by atoms with Gasteiger partial charge in [-0.1, -0.05) is 0 Å². The van der Waals surface area contributed by atoms with Crippen LogP contribution in [0.15, 0.2) is 61.4 Å². The number of halogens is 1. The van der Waals surface area contributed by atoms with Crippen LogP contribution >= 0.6 is 12.4 Å². The number of ether oxygens (including phenoxy) is 3. The highest BCUT2D eigenvalue weighted by atomic mass is 35.5. The minimum atomic E-state index is -0.512. The molecule has 304 valence electrons. The van der Waals surface area contributed by atoms with Gasteiger partial charge in [0.15, 0.2) is 0 Å². The molecule has 2 aromatic carbocycles. The molecule has 2 fully saturated rings. The van der Waals surface area contributed by atoms with Crippen molar-refractivity contribution in [3.8, 4) is 34.0 Å². The number of rotatable bonds is 6. The molecular formula is C41H57ClN8O6. The van der Waals surface area contributed by atoms with Gasteiger partial charge >= 0.3 is 18.2 Å². The Kier molecular flexibility index (Phi) is 14.9. The molecule has 0 unspecified atom stereocenters. The normalized spacial score (nSPS) is 14.8. The topological polar surface area (TPSA) is 136 Å². The molecule has 2 aromatic heterocycles. The second kappa shape index (κ2) is 19.2. The summed E-state index contributed by atoms with van der Waals surface area (Å²) in [4.78, 5) is 52.0. The molecule has 2 saturated heterocycles. The lowest BCUT2D eigenvalue weighted by atomic mass is 10.0. The molecule has 1 N–H and O–H groups in total. The van der Waals surface area contributed by atoms with E-state index in [4.69, 9.17) is 14.2 Å². The average Bonchev–Trinajstić information content (AvgIpc) is 3.88. The summed E-state index contributed by atoms with van der Waals surface area (Å²) in [5.74, 6) is 1.66. The van der Waals surface area contributed by atoms with E-state index < -0.39 is 5.60 Å². The number of aromatic nitrogens is 4. The van der Waals surface area contributed by atoms with E-state index in [9.17, 15) is 14.4 Å². The van der Waals surface area contributed by atoms with Crippen molar-refractivity contribution in [1.29, 1.82) is 0 Å². The van der Waals surface area contributed by atoms with Crippen molar-refractivity contribution < 1.29 is 28.6 Å². The fraction of sp³-hybridized carbons (Fsp3) is 0.488. The van der Waals surface area contributed by atoms with E-state index in [0.29, 0.717) is 25.9 Å². The van der Waals surface area contributed by atoms with Crippen molar-refractivity contribution >= 4 is 30.6 Å². The first-order chi connectivity index (χ1) is 26.2. The Bertz CT molecular complexity index is 1940. The van der Waals surface area contributed by atoms with Crippen LogP contribution in [0.1, 0.15) is 57.6 Å². The van der Waals surface area contributed by atoms with Gasteiger partial charge in [-0.3, -0.25) is 9.13 Å². The van der Waals surface area contributed by atoms with Crippen LogP contribution in [-0.4, -0.2) is 124 Å². The second-order valence-corrected chi connectivity index (χ2v) is 15.2. The van der Waals surface area contributed by atoms with Crippen molar-refractivity contribution in [2.75, 3.05) is 54.5 Å². The number of nitrogens with zero attached hydrogens (tertiary/aromatic N) is 7. The van der Waals surface area contributed by atoms with Crippen LogP contribution < -0.4 is 14.8 Å². The summed E-state index contributed by atoms with van der Waals surface area (Å²) in [7, 11) is 6.97. The van der Waals surface area contributed by atoms with Crippen LogP contribution in [0.3, 0.4) is 0 Å². The number of carbonyl (C=O) groups excluding carboxylic acids is 3. The number of piperidine rings is 2. The molecule has 3 amide bonds. The number of likely N-dealkylation sites (tertiary alicyclic amines) is 1. The summed E-state index contributed by atoms with van der Waals surface area (Å²) < 4.78 is 19.1. The van der Waals surface area contributed by atoms with Crippen LogP contribution in [0.4, 0.5) is 14.4 Å². The fourth-order valence-electron chi connectivity index (χ4n) is 6.86. The van der Waals surface area contributed by atoms with Crippen LogP contribution in [0, 0.1) is 13.8 Å². The molecule has 2 aliphatic rings. The Balaban J connectivity index is 0.000000252.